The van der Waals surface area contributed by atoms with Gasteiger partial charge in [-0.3, -0.25) is 0 Å². The summed E-state index contributed by atoms with van der Waals surface area (Å²) in [6.45, 7) is 2.08. The molecule has 3 aromatic rings. The van der Waals surface area contributed by atoms with E-state index in [0.29, 0.717) is 5.92 Å². The van der Waals surface area contributed by atoms with Crippen molar-refractivity contribution in [3.05, 3.63) is 52.7 Å². The SMILES string of the molecule is Cl.c1ccc(OC(c2csc(C3CCCNC3)n2)n2cnnn2)cc1. The molecule has 7 nitrogen and oxygen atoms in total. The molecule has 9 heteroatoms. The summed E-state index contributed by atoms with van der Waals surface area (Å²) >= 11 is 1.68. The third-order valence-electron chi connectivity index (χ3n) is 4.03. The van der Waals surface area contributed by atoms with E-state index in [1.54, 1.807) is 22.3 Å². The van der Waals surface area contributed by atoms with Crippen LogP contribution in [0.15, 0.2) is 42.0 Å². The number of nitrogens with zero attached hydrogens (tertiary/aromatic N) is 5. The van der Waals surface area contributed by atoms with Crippen LogP contribution in [0.3, 0.4) is 0 Å². The maximum absolute atomic E-state index is 6.09. The molecule has 1 N–H and O–H groups in total. The lowest BCUT2D eigenvalue weighted by atomic mass is 10.0. The number of ether oxygens (including phenoxy) is 1. The lowest BCUT2D eigenvalue weighted by Gasteiger charge is -2.20. The number of thiazole rings is 1. The molecule has 0 radical (unpaired) electrons. The molecule has 1 fully saturated rings. The Morgan fingerprint density at radius 1 is 1.28 bits per heavy atom. The van der Waals surface area contributed by atoms with Gasteiger partial charge < -0.3 is 10.1 Å². The van der Waals surface area contributed by atoms with Gasteiger partial charge in [0.05, 0.1) is 5.01 Å². The second-order valence-corrected chi connectivity index (χ2v) is 6.62. The zero-order valence-electron chi connectivity index (χ0n) is 13.5. The normalized spacial score (nSPS) is 18.3. The van der Waals surface area contributed by atoms with Crippen molar-refractivity contribution in [2.24, 2.45) is 0 Å². The Balaban J connectivity index is 0.00000182. The third kappa shape index (κ3) is 4.15. The lowest BCUT2D eigenvalue weighted by molar-refractivity contribution is 0.152. The van der Waals surface area contributed by atoms with E-state index >= 15 is 0 Å². The van der Waals surface area contributed by atoms with Gasteiger partial charge in [0.15, 0.2) is 0 Å². The van der Waals surface area contributed by atoms with Gasteiger partial charge in [0.25, 0.3) is 0 Å². The van der Waals surface area contributed by atoms with Crippen LogP contribution in [0.1, 0.15) is 35.7 Å². The second kappa shape index (κ2) is 8.37. The molecule has 0 saturated carbocycles. The fourth-order valence-electron chi connectivity index (χ4n) is 2.82. The summed E-state index contributed by atoms with van der Waals surface area (Å²) in [4.78, 5) is 4.82. The highest BCUT2D eigenvalue weighted by Gasteiger charge is 2.24. The Kier molecular flexibility index (Phi) is 5.95. The predicted octanol–water partition coefficient (Wildman–Crippen LogP) is 2.64. The Morgan fingerprint density at radius 3 is 2.88 bits per heavy atom. The highest BCUT2D eigenvalue weighted by molar-refractivity contribution is 7.09. The molecule has 0 aliphatic carbocycles. The highest BCUT2D eigenvalue weighted by atomic mass is 35.5. The molecule has 4 rings (SSSR count). The average molecular weight is 379 g/mol. The van der Waals surface area contributed by atoms with E-state index < -0.39 is 6.23 Å². The Bertz CT molecular complexity index is 760. The first-order valence-electron chi connectivity index (χ1n) is 8.00. The second-order valence-electron chi connectivity index (χ2n) is 5.73. The molecule has 1 saturated heterocycles. The zero-order valence-corrected chi connectivity index (χ0v) is 15.1. The van der Waals surface area contributed by atoms with Gasteiger partial charge in [-0.2, -0.15) is 4.68 Å². The molecule has 132 valence electrons. The third-order valence-corrected chi connectivity index (χ3v) is 5.06. The van der Waals surface area contributed by atoms with Gasteiger partial charge >= 0.3 is 0 Å². The number of aromatic nitrogens is 5. The number of piperidine rings is 1. The predicted molar refractivity (Wildman–Crippen MR) is 97.2 cm³/mol. The smallest absolute Gasteiger partial charge is 0.238 e. The molecule has 2 atom stereocenters. The number of nitrogens with one attached hydrogen (secondary N) is 1. The number of halogens is 1. The van der Waals surface area contributed by atoms with Crippen LogP contribution >= 0.6 is 23.7 Å². The maximum atomic E-state index is 6.09. The molecule has 3 heterocycles. The molecule has 0 bridgehead atoms. The minimum absolute atomic E-state index is 0. The number of rotatable bonds is 5. The summed E-state index contributed by atoms with van der Waals surface area (Å²) in [6, 6.07) is 9.65. The van der Waals surface area contributed by atoms with Crippen LogP contribution in [0.25, 0.3) is 0 Å². The van der Waals surface area contributed by atoms with Crippen molar-refractivity contribution >= 4 is 23.7 Å². The van der Waals surface area contributed by atoms with E-state index in [0.717, 1.165) is 29.5 Å². The van der Waals surface area contributed by atoms with Crippen LogP contribution in [0.4, 0.5) is 0 Å². The summed E-state index contributed by atoms with van der Waals surface area (Å²) in [5.74, 6) is 1.23. The molecular formula is C16H19ClN6OS. The number of hydrogen-bond acceptors (Lipinski definition) is 7. The Labute approximate surface area is 155 Å². The summed E-state index contributed by atoms with van der Waals surface area (Å²) in [7, 11) is 0. The summed E-state index contributed by atoms with van der Waals surface area (Å²) in [6.07, 6.45) is 3.45. The average Bonchev–Trinajstić information content (AvgIpc) is 3.34. The van der Waals surface area contributed by atoms with Gasteiger partial charge in [0, 0.05) is 17.8 Å². The van der Waals surface area contributed by atoms with E-state index in [2.05, 4.69) is 20.8 Å². The number of tetrazole rings is 1. The van der Waals surface area contributed by atoms with Gasteiger partial charge in [-0.25, -0.2) is 4.98 Å². The van der Waals surface area contributed by atoms with Crippen LogP contribution in [0.2, 0.25) is 0 Å². The molecule has 2 unspecified atom stereocenters. The molecule has 0 amide bonds. The fraction of sp³-hybridized carbons (Fsp3) is 0.375. The van der Waals surface area contributed by atoms with Crippen molar-refractivity contribution in [1.82, 2.24) is 30.5 Å². The molecule has 1 aliphatic rings. The van der Waals surface area contributed by atoms with Gasteiger partial charge in [0.1, 0.15) is 17.8 Å². The van der Waals surface area contributed by atoms with E-state index in [9.17, 15) is 0 Å². The Morgan fingerprint density at radius 2 is 2.16 bits per heavy atom. The van der Waals surface area contributed by atoms with Crippen LogP contribution in [-0.4, -0.2) is 38.3 Å². The Hall–Kier alpha value is -2.03. The van der Waals surface area contributed by atoms with Gasteiger partial charge in [-0.1, -0.05) is 18.2 Å². The number of hydrogen-bond donors (Lipinski definition) is 1. The highest BCUT2D eigenvalue weighted by Crippen LogP contribution is 2.30. The van der Waals surface area contributed by atoms with E-state index in [1.807, 2.05) is 35.7 Å². The van der Waals surface area contributed by atoms with Crippen molar-refractivity contribution in [3.63, 3.8) is 0 Å². The van der Waals surface area contributed by atoms with Crippen LogP contribution in [0, 0.1) is 0 Å². The van der Waals surface area contributed by atoms with Crippen molar-refractivity contribution in [2.75, 3.05) is 13.1 Å². The van der Waals surface area contributed by atoms with Crippen molar-refractivity contribution in [3.8, 4) is 5.75 Å². The first-order chi connectivity index (χ1) is 11.9. The lowest BCUT2D eigenvalue weighted by Crippen LogP contribution is -2.28. The largest absolute Gasteiger partial charge is 0.463 e. The maximum Gasteiger partial charge on any atom is 0.238 e. The zero-order chi connectivity index (χ0) is 16.2. The summed E-state index contributed by atoms with van der Waals surface area (Å²) in [5, 5.41) is 18.1. The van der Waals surface area contributed by atoms with Gasteiger partial charge in [0.2, 0.25) is 6.23 Å². The molecule has 25 heavy (non-hydrogen) atoms. The fourth-order valence-corrected chi connectivity index (χ4v) is 3.78. The first kappa shape index (κ1) is 17.8. The molecule has 1 aromatic carbocycles. The summed E-state index contributed by atoms with van der Waals surface area (Å²) in [5.41, 5.74) is 0.830. The monoisotopic (exact) mass is 378 g/mol. The topological polar surface area (TPSA) is 77.8 Å². The molecule has 1 aliphatic heterocycles. The van der Waals surface area contributed by atoms with Crippen molar-refractivity contribution in [1.29, 1.82) is 0 Å². The molecule has 2 aromatic heterocycles. The van der Waals surface area contributed by atoms with E-state index in [1.165, 1.54) is 12.8 Å². The van der Waals surface area contributed by atoms with Gasteiger partial charge in [-0.05, 0) is 41.9 Å². The van der Waals surface area contributed by atoms with Crippen LogP contribution < -0.4 is 10.1 Å². The molecular weight excluding hydrogens is 360 g/mol. The minimum atomic E-state index is -0.469. The first-order valence-corrected chi connectivity index (χ1v) is 8.88. The standard InChI is InChI=1S/C16H18N6OS.ClH/c1-2-6-13(7-3-1)23-16(22-11-18-20-21-22)14-10-24-15(19-14)12-5-4-8-17-9-12;/h1-3,6-7,10-12,16-17H,4-5,8-9H2;1H. The minimum Gasteiger partial charge on any atom is -0.463 e. The van der Waals surface area contributed by atoms with E-state index in [-0.39, 0.29) is 12.4 Å². The number of benzene rings is 1. The quantitative estimate of drug-likeness (QED) is 0.735. The van der Waals surface area contributed by atoms with Crippen molar-refractivity contribution in [2.45, 2.75) is 25.0 Å². The van der Waals surface area contributed by atoms with E-state index in [4.69, 9.17) is 9.72 Å². The van der Waals surface area contributed by atoms with Crippen molar-refractivity contribution < 1.29 is 4.74 Å². The van der Waals surface area contributed by atoms with Gasteiger partial charge in [-0.15, -0.1) is 28.8 Å². The van der Waals surface area contributed by atoms with Crippen LogP contribution in [-0.2, 0) is 0 Å². The number of para-hydroxylation sites is 1. The summed E-state index contributed by atoms with van der Waals surface area (Å²) < 4.78 is 7.68. The molecule has 0 spiro atoms. The van der Waals surface area contributed by atoms with Crippen LogP contribution in [0.5, 0.6) is 5.75 Å².